The molecule has 0 N–H and O–H groups in total. The lowest BCUT2D eigenvalue weighted by molar-refractivity contribution is 0.0702. The molecule has 1 atom stereocenters. The van der Waals surface area contributed by atoms with Crippen molar-refractivity contribution >= 4 is 16.9 Å². The molecule has 168 valence electrons. The zero-order chi connectivity index (χ0) is 22.8. The first-order valence-corrected chi connectivity index (χ1v) is 11.7. The van der Waals surface area contributed by atoms with Gasteiger partial charge in [-0.15, -0.1) is 0 Å². The largest absolute Gasteiger partial charge is 0.338 e. The van der Waals surface area contributed by atoms with Crippen LogP contribution in [0.2, 0.25) is 0 Å². The highest BCUT2D eigenvalue weighted by atomic mass is 16.2. The Labute approximate surface area is 193 Å². The lowest BCUT2D eigenvalue weighted by atomic mass is 9.96. The van der Waals surface area contributed by atoms with Gasteiger partial charge in [-0.2, -0.15) is 0 Å². The molecule has 33 heavy (non-hydrogen) atoms. The summed E-state index contributed by atoms with van der Waals surface area (Å²) >= 11 is 0. The molecular formula is C27H28N4O2. The van der Waals surface area contributed by atoms with Gasteiger partial charge in [0.2, 0.25) is 0 Å². The molecule has 1 aliphatic heterocycles. The van der Waals surface area contributed by atoms with Crippen LogP contribution < -0.4 is 5.56 Å². The number of hydrogen-bond donors (Lipinski definition) is 0. The van der Waals surface area contributed by atoms with Gasteiger partial charge in [0.05, 0.1) is 16.6 Å². The number of aromatic nitrogens is 3. The van der Waals surface area contributed by atoms with E-state index in [1.807, 2.05) is 41.3 Å². The molecule has 6 nitrogen and oxygen atoms in total. The molecule has 1 amide bonds. The molecule has 3 heterocycles. The summed E-state index contributed by atoms with van der Waals surface area (Å²) in [4.78, 5) is 32.7. The lowest BCUT2D eigenvalue weighted by Gasteiger charge is -2.33. The minimum absolute atomic E-state index is 0.0393. The first kappa shape index (κ1) is 21.2. The molecule has 1 fully saturated rings. The fourth-order valence-electron chi connectivity index (χ4n) is 4.82. The number of nitrogens with zero attached hydrogens (tertiary/aromatic N) is 4. The zero-order valence-electron chi connectivity index (χ0n) is 18.9. The molecule has 6 heteroatoms. The number of fused-ring (bicyclic) bond motifs is 1. The summed E-state index contributed by atoms with van der Waals surface area (Å²) in [5, 5.41) is 0. The van der Waals surface area contributed by atoms with Crippen molar-refractivity contribution in [1.82, 2.24) is 19.0 Å². The van der Waals surface area contributed by atoms with Gasteiger partial charge in [0.15, 0.2) is 0 Å². The van der Waals surface area contributed by atoms with E-state index in [2.05, 4.69) is 29.7 Å². The number of aryl methyl sites for hydroxylation is 1. The second-order valence-electron chi connectivity index (χ2n) is 8.66. The van der Waals surface area contributed by atoms with Gasteiger partial charge < -0.3 is 9.47 Å². The highest BCUT2D eigenvalue weighted by molar-refractivity contribution is 5.94. The summed E-state index contributed by atoms with van der Waals surface area (Å²) in [6.07, 6.45) is 4.64. The van der Waals surface area contributed by atoms with E-state index >= 15 is 0 Å². The third kappa shape index (κ3) is 4.09. The Morgan fingerprint density at radius 2 is 1.82 bits per heavy atom. The van der Waals surface area contributed by atoms with E-state index in [1.54, 1.807) is 12.3 Å². The van der Waals surface area contributed by atoms with Crippen molar-refractivity contribution < 1.29 is 4.79 Å². The van der Waals surface area contributed by atoms with Gasteiger partial charge >= 0.3 is 0 Å². The van der Waals surface area contributed by atoms with Crippen molar-refractivity contribution in [2.24, 2.45) is 0 Å². The van der Waals surface area contributed by atoms with Crippen LogP contribution in [0.3, 0.4) is 0 Å². The first-order chi connectivity index (χ1) is 16.2. The summed E-state index contributed by atoms with van der Waals surface area (Å²) < 4.78 is 3.86. The fraction of sp³-hybridized carbons (Fsp3) is 0.296. The van der Waals surface area contributed by atoms with Gasteiger partial charge in [0.25, 0.3) is 11.5 Å². The van der Waals surface area contributed by atoms with Crippen LogP contribution in [0.4, 0.5) is 0 Å². The van der Waals surface area contributed by atoms with E-state index in [4.69, 9.17) is 4.98 Å². The maximum atomic E-state index is 13.4. The summed E-state index contributed by atoms with van der Waals surface area (Å²) in [5.41, 5.74) is 3.30. The molecule has 0 spiro atoms. The van der Waals surface area contributed by atoms with E-state index in [0.29, 0.717) is 18.7 Å². The van der Waals surface area contributed by atoms with Crippen molar-refractivity contribution in [2.75, 3.05) is 13.1 Å². The average molecular weight is 441 g/mol. The van der Waals surface area contributed by atoms with E-state index in [-0.39, 0.29) is 17.4 Å². The third-order valence-corrected chi connectivity index (χ3v) is 6.40. The Bertz CT molecular complexity index is 1340. The fourth-order valence-corrected chi connectivity index (χ4v) is 4.82. The van der Waals surface area contributed by atoms with E-state index < -0.39 is 0 Å². The van der Waals surface area contributed by atoms with Crippen molar-refractivity contribution in [2.45, 2.75) is 38.6 Å². The number of rotatable bonds is 5. The van der Waals surface area contributed by atoms with Crippen LogP contribution in [-0.2, 0) is 6.54 Å². The number of benzene rings is 2. The summed E-state index contributed by atoms with van der Waals surface area (Å²) in [6.45, 7) is 4.45. The SMILES string of the molecule is CCCn1c(C2CCCN(C(=O)c3ccc(=O)n(-c4ccccc4)c3)C2)nc2ccccc21. The monoisotopic (exact) mass is 440 g/mol. The molecular weight excluding hydrogens is 412 g/mol. The van der Waals surface area contributed by atoms with E-state index in [0.717, 1.165) is 48.4 Å². The maximum Gasteiger partial charge on any atom is 0.255 e. The van der Waals surface area contributed by atoms with Crippen LogP contribution in [0.25, 0.3) is 16.7 Å². The molecule has 4 aromatic rings. The predicted molar refractivity (Wildman–Crippen MR) is 130 cm³/mol. The number of carbonyl (C=O) groups is 1. The predicted octanol–water partition coefficient (Wildman–Crippen LogP) is 4.62. The molecule has 5 rings (SSSR count). The topological polar surface area (TPSA) is 60.1 Å². The third-order valence-electron chi connectivity index (χ3n) is 6.40. The zero-order valence-corrected chi connectivity index (χ0v) is 18.9. The Hall–Kier alpha value is -3.67. The van der Waals surface area contributed by atoms with Crippen LogP contribution in [-0.4, -0.2) is 38.0 Å². The Morgan fingerprint density at radius 3 is 2.64 bits per heavy atom. The first-order valence-electron chi connectivity index (χ1n) is 11.7. The van der Waals surface area contributed by atoms with Crippen molar-refractivity contribution in [3.63, 3.8) is 0 Å². The Balaban J connectivity index is 1.43. The molecule has 2 aromatic heterocycles. The number of carbonyl (C=O) groups excluding carboxylic acids is 1. The number of amides is 1. The van der Waals surface area contributed by atoms with Crippen molar-refractivity contribution in [3.05, 3.63) is 94.7 Å². The number of pyridine rings is 1. The minimum Gasteiger partial charge on any atom is -0.338 e. The van der Waals surface area contributed by atoms with Crippen molar-refractivity contribution in [3.8, 4) is 5.69 Å². The van der Waals surface area contributed by atoms with Crippen LogP contribution in [0.1, 0.15) is 48.3 Å². The van der Waals surface area contributed by atoms with Crippen LogP contribution >= 0.6 is 0 Å². The average Bonchev–Trinajstić information content (AvgIpc) is 3.23. The van der Waals surface area contributed by atoms with Gasteiger partial charge in [0, 0.05) is 43.5 Å². The molecule has 1 saturated heterocycles. The second-order valence-corrected chi connectivity index (χ2v) is 8.66. The standard InChI is InChI=1S/C27H28N4O2/c1-2-16-30-24-13-7-6-12-23(24)28-26(30)20-9-8-17-29(18-20)27(33)21-14-15-25(32)31(19-21)22-10-4-3-5-11-22/h3-7,10-15,19-20H,2,8-9,16-18H2,1H3. The molecule has 0 radical (unpaired) electrons. The lowest BCUT2D eigenvalue weighted by Crippen LogP contribution is -2.40. The quantitative estimate of drug-likeness (QED) is 0.455. The Kier molecular flexibility index (Phi) is 5.82. The Morgan fingerprint density at radius 1 is 1.03 bits per heavy atom. The van der Waals surface area contributed by atoms with Gasteiger partial charge in [0.1, 0.15) is 5.82 Å². The molecule has 0 saturated carbocycles. The summed E-state index contributed by atoms with van der Waals surface area (Å²) in [5.74, 6) is 1.23. The van der Waals surface area contributed by atoms with E-state index in [1.165, 1.54) is 10.6 Å². The van der Waals surface area contributed by atoms with Gasteiger partial charge in [-0.3, -0.25) is 14.2 Å². The van der Waals surface area contributed by atoms with Gasteiger partial charge in [-0.1, -0.05) is 37.3 Å². The van der Waals surface area contributed by atoms with Gasteiger partial charge in [-0.25, -0.2) is 4.98 Å². The number of para-hydroxylation sites is 3. The second kappa shape index (κ2) is 9.06. The molecule has 1 aliphatic rings. The number of likely N-dealkylation sites (tertiary alicyclic amines) is 1. The van der Waals surface area contributed by atoms with Gasteiger partial charge in [-0.05, 0) is 49.6 Å². The molecule has 0 bridgehead atoms. The van der Waals surface area contributed by atoms with Crippen LogP contribution in [0.15, 0.2) is 77.7 Å². The van der Waals surface area contributed by atoms with Crippen LogP contribution in [0.5, 0.6) is 0 Å². The minimum atomic E-state index is -0.150. The molecule has 2 aromatic carbocycles. The normalized spacial score (nSPS) is 16.3. The highest BCUT2D eigenvalue weighted by Gasteiger charge is 2.29. The smallest absolute Gasteiger partial charge is 0.255 e. The number of piperidine rings is 1. The summed E-state index contributed by atoms with van der Waals surface area (Å²) in [6, 6.07) is 20.8. The van der Waals surface area contributed by atoms with Crippen LogP contribution in [0, 0.1) is 0 Å². The maximum absolute atomic E-state index is 13.4. The van der Waals surface area contributed by atoms with E-state index in [9.17, 15) is 9.59 Å². The summed E-state index contributed by atoms with van der Waals surface area (Å²) in [7, 11) is 0. The molecule has 0 aliphatic carbocycles. The molecule has 1 unspecified atom stereocenters. The number of imidazole rings is 1. The highest BCUT2D eigenvalue weighted by Crippen LogP contribution is 2.30. The number of hydrogen-bond acceptors (Lipinski definition) is 3. The van der Waals surface area contributed by atoms with Crippen molar-refractivity contribution in [1.29, 1.82) is 0 Å².